The molecule has 0 amide bonds. The number of ether oxygens (including phenoxy) is 1. The molecule has 3 heteroatoms. The van der Waals surface area contributed by atoms with Crippen LogP contribution in [0, 0.1) is 12.7 Å². The summed E-state index contributed by atoms with van der Waals surface area (Å²) < 4.78 is 18.3. The number of ketones is 1. The molecule has 2 rings (SSSR count). The van der Waals surface area contributed by atoms with Crippen molar-refractivity contribution in [2.45, 2.75) is 19.8 Å². The lowest BCUT2D eigenvalue weighted by Crippen LogP contribution is -2.12. The fourth-order valence-electron chi connectivity index (χ4n) is 1.69. The number of carbonyl (C=O) groups excluding carboxylic acids is 1. The van der Waals surface area contributed by atoms with Crippen LogP contribution < -0.4 is 0 Å². The molecule has 2 nitrogen and oxygen atoms in total. The number of halogens is 1. The molecule has 0 spiro atoms. The van der Waals surface area contributed by atoms with Crippen LogP contribution in [-0.2, 0) is 4.74 Å². The molecule has 0 saturated heterocycles. The van der Waals surface area contributed by atoms with Crippen molar-refractivity contribution >= 4 is 5.78 Å². The second-order valence-electron chi connectivity index (χ2n) is 3.85. The van der Waals surface area contributed by atoms with Gasteiger partial charge in [-0.3, -0.25) is 4.79 Å². The Bertz CT molecular complexity index is 449. The maximum atomic E-state index is 13.1. The molecular weight excluding hydrogens is 207 g/mol. The Hall–Kier alpha value is -1.64. The molecule has 1 heterocycles. The van der Waals surface area contributed by atoms with E-state index < -0.39 is 5.82 Å². The van der Waals surface area contributed by atoms with Gasteiger partial charge < -0.3 is 4.74 Å². The maximum Gasteiger partial charge on any atom is 0.227 e. The third-order valence-corrected chi connectivity index (χ3v) is 2.60. The lowest BCUT2D eigenvalue weighted by molar-refractivity contribution is 0.0898. The van der Waals surface area contributed by atoms with Gasteiger partial charge in [-0.05, 0) is 43.5 Å². The van der Waals surface area contributed by atoms with Gasteiger partial charge in [0.25, 0.3) is 0 Å². The lowest BCUT2D eigenvalue weighted by atomic mass is 10.0. The molecule has 0 bridgehead atoms. The average molecular weight is 220 g/mol. The molecule has 16 heavy (non-hydrogen) atoms. The van der Waals surface area contributed by atoms with Gasteiger partial charge >= 0.3 is 0 Å². The molecule has 0 saturated carbocycles. The number of hydrogen-bond acceptors (Lipinski definition) is 2. The van der Waals surface area contributed by atoms with Gasteiger partial charge in [0.1, 0.15) is 5.82 Å². The van der Waals surface area contributed by atoms with Gasteiger partial charge in [0.2, 0.25) is 5.78 Å². The number of allylic oxidation sites excluding steroid dienone is 2. The first-order valence-electron chi connectivity index (χ1n) is 5.32. The number of benzene rings is 1. The molecule has 0 aromatic heterocycles. The topological polar surface area (TPSA) is 26.3 Å². The van der Waals surface area contributed by atoms with Crippen LogP contribution in [0.4, 0.5) is 4.39 Å². The van der Waals surface area contributed by atoms with E-state index in [2.05, 4.69) is 0 Å². The van der Waals surface area contributed by atoms with E-state index in [0.29, 0.717) is 17.9 Å². The summed E-state index contributed by atoms with van der Waals surface area (Å²) in [6.45, 7) is 2.35. The first-order chi connectivity index (χ1) is 7.68. The van der Waals surface area contributed by atoms with Gasteiger partial charge in [0.05, 0.1) is 6.61 Å². The van der Waals surface area contributed by atoms with Crippen molar-refractivity contribution in [2.24, 2.45) is 0 Å². The average Bonchev–Trinajstić information content (AvgIpc) is 2.32. The molecule has 0 fully saturated rings. The zero-order valence-corrected chi connectivity index (χ0v) is 9.13. The Morgan fingerprint density at radius 1 is 1.44 bits per heavy atom. The minimum Gasteiger partial charge on any atom is -0.490 e. The molecule has 1 aromatic carbocycles. The van der Waals surface area contributed by atoms with E-state index in [-0.39, 0.29) is 5.78 Å². The van der Waals surface area contributed by atoms with Crippen LogP contribution in [0.3, 0.4) is 0 Å². The van der Waals surface area contributed by atoms with E-state index in [9.17, 15) is 9.18 Å². The minimum absolute atomic E-state index is 0.225. The standard InChI is InChI=1S/C13H13FO2/c1-9-5-6-10(14)8-11(9)13(15)12-4-2-3-7-16-12/h4-6,8H,2-3,7H2,1H3. The normalized spacial score (nSPS) is 15.2. The third-order valence-electron chi connectivity index (χ3n) is 2.60. The second-order valence-corrected chi connectivity index (χ2v) is 3.85. The highest BCUT2D eigenvalue weighted by Crippen LogP contribution is 2.19. The Morgan fingerprint density at radius 3 is 2.94 bits per heavy atom. The number of rotatable bonds is 2. The van der Waals surface area contributed by atoms with Crippen LogP contribution in [0.15, 0.2) is 30.0 Å². The molecule has 1 aromatic rings. The largest absolute Gasteiger partial charge is 0.490 e. The summed E-state index contributed by atoms with van der Waals surface area (Å²) in [6, 6.07) is 4.21. The fourth-order valence-corrected chi connectivity index (χ4v) is 1.69. The van der Waals surface area contributed by atoms with Gasteiger partial charge in [0, 0.05) is 5.56 Å². The molecule has 0 N–H and O–H groups in total. The van der Waals surface area contributed by atoms with Crippen LogP contribution >= 0.6 is 0 Å². The third kappa shape index (κ3) is 2.13. The molecule has 84 valence electrons. The van der Waals surface area contributed by atoms with Crippen molar-refractivity contribution in [3.63, 3.8) is 0 Å². The van der Waals surface area contributed by atoms with Gasteiger partial charge in [0.15, 0.2) is 5.76 Å². The van der Waals surface area contributed by atoms with Gasteiger partial charge in [-0.15, -0.1) is 0 Å². The molecule has 0 aliphatic carbocycles. The Labute approximate surface area is 93.7 Å². The molecule has 0 unspecified atom stereocenters. The Morgan fingerprint density at radius 2 is 2.25 bits per heavy atom. The van der Waals surface area contributed by atoms with E-state index in [0.717, 1.165) is 18.4 Å². The van der Waals surface area contributed by atoms with Crippen LogP contribution in [0.25, 0.3) is 0 Å². The van der Waals surface area contributed by atoms with Crippen molar-refractivity contribution in [3.05, 3.63) is 47.0 Å². The number of Topliss-reactive ketones (excluding diaryl/α,β-unsaturated/α-hetero) is 1. The predicted octanol–water partition coefficient (Wildman–Crippen LogP) is 3.01. The smallest absolute Gasteiger partial charge is 0.227 e. The van der Waals surface area contributed by atoms with Crippen molar-refractivity contribution in [1.29, 1.82) is 0 Å². The summed E-state index contributed by atoms with van der Waals surface area (Å²) in [4.78, 5) is 12.0. The van der Waals surface area contributed by atoms with E-state index in [4.69, 9.17) is 4.74 Å². The molecule has 1 aliphatic rings. The lowest BCUT2D eigenvalue weighted by Gasteiger charge is -2.14. The zero-order valence-electron chi connectivity index (χ0n) is 9.13. The highest BCUT2D eigenvalue weighted by molar-refractivity contribution is 6.08. The van der Waals surface area contributed by atoms with E-state index in [1.165, 1.54) is 12.1 Å². The monoisotopic (exact) mass is 220 g/mol. The second kappa shape index (κ2) is 4.47. The summed E-state index contributed by atoms with van der Waals surface area (Å²) in [7, 11) is 0. The van der Waals surface area contributed by atoms with Crippen molar-refractivity contribution in [1.82, 2.24) is 0 Å². The van der Waals surface area contributed by atoms with Crippen LogP contribution in [-0.4, -0.2) is 12.4 Å². The Balaban J connectivity index is 2.33. The number of hydrogen-bond donors (Lipinski definition) is 0. The SMILES string of the molecule is Cc1ccc(F)cc1C(=O)C1=CCCCO1. The molecule has 1 aliphatic heterocycles. The van der Waals surface area contributed by atoms with Crippen molar-refractivity contribution in [2.75, 3.05) is 6.61 Å². The summed E-state index contributed by atoms with van der Waals surface area (Å²) in [5.41, 5.74) is 1.15. The predicted molar refractivity (Wildman–Crippen MR) is 58.7 cm³/mol. The van der Waals surface area contributed by atoms with E-state index in [1.807, 2.05) is 0 Å². The summed E-state index contributed by atoms with van der Waals surface area (Å²) in [6.07, 6.45) is 3.55. The summed E-state index contributed by atoms with van der Waals surface area (Å²) in [5.74, 6) is -0.276. The number of carbonyl (C=O) groups is 1. The van der Waals surface area contributed by atoms with E-state index >= 15 is 0 Å². The minimum atomic E-state index is -0.398. The van der Waals surface area contributed by atoms with Crippen LogP contribution in [0.1, 0.15) is 28.8 Å². The number of aryl methyl sites for hydroxylation is 1. The van der Waals surface area contributed by atoms with Crippen LogP contribution in [0.2, 0.25) is 0 Å². The first-order valence-corrected chi connectivity index (χ1v) is 5.32. The summed E-state index contributed by atoms with van der Waals surface area (Å²) in [5, 5.41) is 0. The van der Waals surface area contributed by atoms with Gasteiger partial charge in [-0.2, -0.15) is 0 Å². The maximum absolute atomic E-state index is 13.1. The first kappa shape index (κ1) is 10.9. The molecular formula is C13H13FO2. The fraction of sp³-hybridized carbons (Fsp3) is 0.308. The van der Waals surface area contributed by atoms with Crippen molar-refractivity contribution < 1.29 is 13.9 Å². The highest BCUT2D eigenvalue weighted by Gasteiger charge is 2.18. The summed E-state index contributed by atoms with van der Waals surface area (Å²) >= 11 is 0. The highest BCUT2D eigenvalue weighted by atomic mass is 19.1. The quantitative estimate of drug-likeness (QED) is 0.716. The van der Waals surface area contributed by atoms with Crippen LogP contribution in [0.5, 0.6) is 0 Å². The van der Waals surface area contributed by atoms with E-state index in [1.54, 1.807) is 19.1 Å². The molecule has 0 radical (unpaired) electrons. The van der Waals surface area contributed by atoms with Crippen molar-refractivity contribution in [3.8, 4) is 0 Å². The van der Waals surface area contributed by atoms with Gasteiger partial charge in [-0.1, -0.05) is 6.07 Å². The van der Waals surface area contributed by atoms with Gasteiger partial charge in [-0.25, -0.2) is 4.39 Å². The Kier molecular flexibility index (Phi) is 3.04. The molecule has 0 atom stereocenters. The zero-order chi connectivity index (χ0) is 11.5.